The Labute approximate surface area is 170 Å². The van der Waals surface area contributed by atoms with Gasteiger partial charge in [0.1, 0.15) is 11.6 Å². The third kappa shape index (κ3) is 4.69. The lowest BCUT2D eigenvalue weighted by Crippen LogP contribution is -2.39. The highest BCUT2D eigenvalue weighted by atomic mass is 35.5. The van der Waals surface area contributed by atoms with E-state index in [4.69, 9.17) is 0 Å². The van der Waals surface area contributed by atoms with Gasteiger partial charge in [-0.3, -0.25) is 4.79 Å². The molecule has 0 saturated carbocycles. The Hall–Kier alpha value is -1.89. The smallest absolute Gasteiger partial charge is 0.257 e. The molecule has 0 spiro atoms. The second-order valence-electron chi connectivity index (χ2n) is 6.68. The summed E-state index contributed by atoms with van der Waals surface area (Å²) in [6.07, 6.45) is 4.88. The van der Waals surface area contributed by atoms with E-state index in [2.05, 4.69) is 15.6 Å². The van der Waals surface area contributed by atoms with Crippen LogP contribution in [-0.4, -0.2) is 41.0 Å². The molecule has 1 aromatic carbocycles. The normalized spacial score (nSPS) is 20.9. The molecule has 2 unspecified atom stereocenters. The van der Waals surface area contributed by atoms with Crippen LogP contribution in [0.15, 0.2) is 42.6 Å². The SMILES string of the molecule is Cl.Cl.O=C(c1cccnc1Nc1ccccc1F)N1CCC2CCC(C1)N2. The number of nitrogens with one attached hydrogen (secondary N) is 2. The lowest BCUT2D eigenvalue weighted by atomic mass is 10.1. The Morgan fingerprint density at radius 1 is 1.11 bits per heavy atom. The van der Waals surface area contributed by atoms with Gasteiger partial charge in [0.15, 0.2) is 0 Å². The molecule has 2 aromatic rings. The van der Waals surface area contributed by atoms with Crippen LogP contribution in [0, 0.1) is 5.82 Å². The number of hydrogen-bond acceptors (Lipinski definition) is 4. The summed E-state index contributed by atoms with van der Waals surface area (Å²) in [6.45, 7) is 1.45. The molecule has 3 heterocycles. The van der Waals surface area contributed by atoms with Crippen LogP contribution >= 0.6 is 24.8 Å². The fraction of sp³-hybridized carbons (Fsp3) is 0.368. The lowest BCUT2D eigenvalue weighted by Gasteiger charge is -2.25. The van der Waals surface area contributed by atoms with E-state index in [0.717, 1.165) is 19.4 Å². The van der Waals surface area contributed by atoms with Gasteiger partial charge in [0.2, 0.25) is 0 Å². The number of fused-ring (bicyclic) bond motifs is 2. The van der Waals surface area contributed by atoms with Crippen molar-refractivity contribution in [3.8, 4) is 0 Å². The number of halogens is 3. The molecular formula is C19H23Cl2FN4O. The molecule has 146 valence electrons. The van der Waals surface area contributed by atoms with Crippen molar-refractivity contribution in [2.45, 2.75) is 31.3 Å². The second-order valence-corrected chi connectivity index (χ2v) is 6.68. The van der Waals surface area contributed by atoms with Gasteiger partial charge in [-0.2, -0.15) is 0 Å². The summed E-state index contributed by atoms with van der Waals surface area (Å²) in [4.78, 5) is 19.2. The number of likely N-dealkylation sites (tertiary alicyclic amines) is 1. The molecular weight excluding hydrogens is 390 g/mol. The number of aromatic nitrogens is 1. The van der Waals surface area contributed by atoms with E-state index in [9.17, 15) is 9.18 Å². The van der Waals surface area contributed by atoms with E-state index in [-0.39, 0.29) is 36.5 Å². The van der Waals surface area contributed by atoms with Crippen molar-refractivity contribution >= 4 is 42.2 Å². The molecule has 2 fully saturated rings. The molecule has 1 aromatic heterocycles. The van der Waals surface area contributed by atoms with Gasteiger partial charge in [0.05, 0.1) is 11.3 Å². The average molecular weight is 413 g/mol. The molecule has 1 amide bonds. The number of anilines is 2. The lowest BCUT2D eigenvalue weighted by molar-refractivity contribution is 0.0749. The number of pyridine rings is 1. The van der Waals surface area contributed by atoms with Gasteiger partial charge in [-0.25, -0.2) is 9.37 Å². The Kier molecular flexibility index (Phi) is 7.41. The van der Waals surface area contributed by atoms with Crippen molar-refractivity contribution in [1.29, 1.82) is 0 Å². The van der Waals surface area contributed by atoms with E-state index >= 15 is 0 Å². The first-order valence-electron chi connectivity index (χ1n) is 8.72. The summed E-state index contributed by atoms with van der Waals surface area (Å²) in [6, 6.07) is 10.8. The first kappa shape index (κ1) is 21.4. The maximum Gasteiger partial charge on any atom is 0.257 e. The van der Waals surface area contributed by atoms with Gasteiger partial charge in [-0.1, -0.05) is 12.1 Å². The standard InChI is InChI=1S/C19H21FN4O.2ClH/c20-16-5-1-2-6-17(16)23-18-15(4-3-10-21-18)19(25)24-11-9-13-7-8-14(12-24)22-13;;/h1-6,10,13-14,22H,7-9,11-12H2,(H,21,23);2*1H. The molecule has 2 atom stereocenters. The molecule has 2 N–H and O–H groups in total. The molecule has 8 heteroatoms. The van der Waals surface area contributed by atoms with E-state index in [1.165, 1.54) is 12.5 Å². The molecule has 0 aliphatic carbocycles. The van der Waals surface area contributed by atoms with E-state index in [0.29, 0.717) is 35.7 Å². The predicted molar refractivity (Wildman–Crippen MR) is 109 cm³/mol. The quantitative estimate of drug-likeness (QED) is 0.805. The van der Waals surface area contributed by atoms with Crippen molar-refractivity contribution in [3.05, 3.63) is 54.0 Å². The summed E-state index contributed by atoms with van der Waals surface area (Å²) < 4.78 is 13.9. The minimum atomic E-state index is -0.372. The van der Waals surface area contributed by atoms with Crippen molar-refractivity contribution in [3.63, 3.8) is 0 Å². The van der Waals surface area contributed by atoms with Crippen molar-refractivity contribution in [2.75, 3.05) is 18.4 Å². The Balaban J connectivity index is 0.00000131. The van der Waals surface area contributed by atoms with Gasteiger partial charge in [-0.15, -0.1) is 24.8 Å². The number of amides is 1. The van der Waals surface area contributed by atoms with Crippen LogP contribution in [0.25, 0.3) is 0 Å². The largest absolute Gasteiger partial charge is 0.337 e. The average Bonchev–Trinajstić information content (AvgIpc) is 2.96. The molecule has 4 rings (SSSR count). The summed E-state index contributed by atoms with van der Waals surface area (Å²) in [7, 11) is 0. The number of benzene rings is 1. The summed E-state index contributed by atoms with van der Waals surface area (Å²) in [5, 5.41) is 6.54. The third-order valence-electron chi connectivity index (χ3n) is 4.98. The van der Waals surface area contributed by atoms with Gasteiger partial charge in [0.25, 0.3) is 5.91 Å². The van der Waals surface area contributed by atoms with Gasteiger partial charge in [-0.05, 0) is 43.5 Å². The van der Waals surface area contributed by atoms with Crippen molar-refractivity contribution in [2.24, 2.45) is 0 Å². The predicted octanol–water partition coefficient (Wildman–Crippen LogP) is 3.77. The van der Waals surface area contributed by atoms with Crippen molar-refractivity contribution in [1.82, 2.24) is 15.2 Å². The molecule has 5 nitrogen and oxygen atoms in total. The number of carbonyl (C=O) groups excluding carboxylic acids is 1. The topological polar surface area (TPSA) is 57.3 Å². The molecule has 2 saturated heterocycles. The van der Waals surface area contributed by atoms with Gasteiger partial charge < -0.3 is 15.5 Å². The molecule has 27 heavy (non-hydrogen) atoms. The highest BCUT2D eigenvalue weighted by Gasteiger charge is 2.32. The molecule has 0 radical (unpaired) electrons. The second kappa shape index (κ2) is 9.35. The minimum absolute atomic E-state index is 0. The fourth-order valence-electron chi connectivity index (χ4n) is 3.67. The number of hydrogen-bond donors (Lipinski definition) is 2. The van der Waals surface area contributed by atoms with Gasteiger partial charge >= 0.3 is 0 Å². The number of rotatable bonds is 3. The molecule has 2 bridgehead atoms. The summed E-state index contributed by atoms with van der Waals surface area (Å²) >= 11 is 0. The summed E-state index contributed by atoms with van der Waals surface area (Å²) in [5.41, 5.74) is 0.787. The Bertz CT molecular complexity index is 792. The number of nitrogens with zero attached hydrogens (tertiary/aromatic N) is 2. The van der Waals surface area contributed by atoms with E-state index in [1.54, 1.807) is 36.5 Å². The number of para-hydroxylation sites is 1. The van der Waals surface area contributed by atoms with Crippen LogP contribution in [-0.2, 0) is 0 Å². The molecule has 2 aliphatic rings. The molecule has 2 aliphatic heterocycles. The maximum absolute atomic E-state index is 13.9. The van der Waals surface area contributed by atoms with E-state index in [1.807, 2.05) is 4.90 Å². The zero-order valence-corrected chi connectivity index (χ0v) is 16.4. The maximum atomic E-state index is 13.9. The van der Waals surface area contributed by atoms with Crippen molar-refractivity contribution < 1.29 is 9.18 Å². The zero-order chi connectivity index (χ0) is 17.2. The Morgan fingerprint density at radius 3 is 2.70 bits per heavy atom. The zero-order valence-electron chi connectivity index (χ0n) is 14.7. The van der Waals surface area contributed by atoms with Crippen LogP contribution in [0.4, 0.5) is 15.9 Å². The highest BCUT2D eigenvalue weighted by Crippen LogP contribution is 2.25. The first-order valence-corrected chi connectivity index (χ1v) is 8.72. The van der Waals surface area contributed by atoms with Gasteiger partial charge in [0, 0.05) is 31.4 Å². The Morgan fingerprint density at radius 2 is 1.89 bits per heavy atom. The van der Waals surface area contributed by atoms with Crippen LogP contribution in [0.5, 0.6) is 0 Å². The van der Waals surface area contributed by atoms with Crippen LogP contribution < -0.4 is 10.6 Å². The first-order chi connectivity index (χ1) is 12.2. The third-order valence-corrected chi connectivity index (χ3v) is 4.98. The number of carbonyl (C=O) groups is 1. The van der Waals surface area contributed by atoms with Crippen LogP contribution in [0.2, 0.25) is 0 Å². The van der Waals surface area contributed by atoms with E-state index < -0.39 is 0 Å². The monoisotopic (exact) mass is 412 g/mol. The summed E-state index contributed by atoms with van der Waals surface area (Å²) in [5.74, 6) is -0.0379. The van der Waals surface area contributed by atoms with Crippen LogP contribution in [0.1, 0.15) is 29.6 Å². The van der Waals surface area contributed by atoms with Crippen LogP contribution in [0.3, 0.4) is 0 Å². The fourth-order valence-corrected chi connectivity index (χ4v) is 3.67. The minimum Gasteiger partial charge on any atom is -0.337 e. The highest BCUT2D eigenvalue weighted by molar-refractivity contribution is 5.99.